The summed E-state index contributed by atoms with van der Waals surface area (Å²) < 4.78 is 0. The average Bonchev–Trinajstić information content (AvgIpc) is 2.39. The molecule has 4 nitrogen and oxygen atoms in total. The molecule has 110 valence electrons. The number of hydrogen-bond donors (Lipinski definition) is 1. The number of benzene rings is 1. The molecule has 2 rings (SSSR count). The molecule has 0 saturated carbocycles. The third-order valence-corrected chi connectivity index (χ3v) is 3.68. The summed E-state index contributed by atoms with van der Waals surface area (Å²) in [4.78, 5) is 16.6. The van der Waals surface area contributed by atoms with Crippen LogP contribution in [0, 0.1) is 0 Å². The number of anilines is 1. The molecular weight excluding hydrogens is 250 g/mol. The number of nitrogens with one attached hydrogen (secondary N) is 1. The fourth-order valence-electron chi connectivity index (χ4n) is 2.96. The van der Waals surface area contributed by atoms with E-state index in [9.17, 15) is 4.79 Å². The number of carbonyl (C=O) groups excluding carboxylic acids is 1. The van der Waals surface area contributed by atoms with Gasteiger partial charge in [-0.15, -0.1) is 0 Å². The van der Waals surface area contributed by atoms with Crippen LogP contribution >= 0.6 is 0 Å². The third kappa shape index (κ3) is 3.81. The van der Waals surface area contributed by atoms with Crippen LogP contribution in [0.25, 0.3) is 0 Å². The molecule has 1 heterocycles. The van der Waals surface area contributed by atoms with Crippen molar-refractivity contribution in [2.24, 2.45) is 0 Å². The van der Waals surface area contributed by atoms with E-state index in [2.05, 4.69) is 24.1 Å². The summed E-state index contributed by atoms with van der Waals surface area (Å²) in [6, 6.07) is 10.8. The Morgan fingerprint density at radius 1 is 1.25 bits per heavy atom. The van der Waals surface area contributed by atoms with E-state index in [1.807, 2.05) is 42.2 Å². The number of hydrogen-bond acceptors (Lipinski definition) is 3. The molecule has 0 bridgehead atoms. The number of para-hydroxylation sites is 1. The van der Waals surface area contributed by atoms with Gasteiger partial charge in [0.05, 0.1) is 6.54 Å². The van der Waals surface area contributed by atoms with Crippen LogP contribution in [-0.2, 0) is 4.79 Å². The summed E-state index contributed by atoms with van der Waals surface area (Å²) in [5.74, 6) is 0.181. The van der Waals surface area contributed by atoms with Crippen molar-refractivity contribution in [1.82, 2.24) is 10.2 Å². The van der Waals surface area contributed by atoms with Gasteiger partial charge in [0.2, 0.25) is 5.91 Å². The second-order valence-corrected chi connectivity index (χ2v) is 5.64. The van der Waals surface area contributed by atoms with Gasteiger partial charge in [-0.1, -0.05) is 18.2 Å². The van der Waals surface area contributed by atoms with Gasteiger partial charge in [0.15, 0.2) is 0 Å². The number of likely N-dealkylation sites (N-methyl/N-ethyl adjacent to an activating group) is 1. The van der Waals surface area contributed by atoms with Crippen molar-refractivity contribution >= 4 is 11.6 Å². The molecule has 1 aliphatic rings. The summed E-state index contributed by atoms with van der Waals surface area (Å²) in [5, 5.41) is 3.49. The Morgan fingerprint density at radius 2 is 1.85 bits per heavy atom. The van der Waals surface area contributed by atoms with Crippen LogP contribution in [0.15, 0.2) is 30.3 Å². The lowest BCUT2D eigenvalue weighted by Crippen LogP contribution is -2.56. The van der Waals surface area contributed by atoms with Gasteiger partial charge in [0.1, 0.15) is 0 Å². The standard InChI is InChI=1S/C16H25N3O/c1-4-19(15-8-6-5-7-9-15)16(20)12-18-10-13(2)17-14(3)11-18/h5-9,13-14,17H,4,10-12H2,1-3H3. The zero-order valence-electron chi connectivity index (χ0n) is 12.7. The second-order valence-electron chi connectivity index (χ2n) is 5.64. The van der Waals surface area contributed by atoms with Crippen LogP contribution in [0.4, 0.5) is 5.69 Å². The van der Waals surface area contributed by atoms with Crippen molar-refractivity contribution in [3.8, 4) is 0 Å². The summed E-state index contributed by atoms with van der Waals surface area (Å²) in [5.41, 5.74) is 0.983. The molecular formula is C16H25N3O. The molecule has 1 amide bonds. The normalized spacial score (nSPS) is 23.6. The fourth-order valence-corrected chi connectivity index (χ4v) is 2.96. The fraction of sp³-hybridized carbons (Fsp3) is 0.562. The van der Waals surface area contributed by atoms with Gasteiger partial charge in [-0.25, -0.2) is 0 Å². The minimum absolute atomic E-state index is 0.181. The Labute approximate surface area is 121 Å². The van der Waals surface area contributed by atoms with E-state index < -0.39 is 0 Å². The first-order valence-corrected chi connectivity index (χ1v) is 7.44. The zero-order valence-corrected chi connectivity index (χ0v) is 12.7. The van der Waals surface area contributed by atoms with Crippen molar-refractivity contribution in [1.29, 1.82) is 0 Å². The van der Waals surface area contributed by atoms with E-state index in [4.69, 9.17) is 0 Å². The first-order valence-electron chi connectivity index (χ1n) is 7.44. The molecule has 0 spiro atoms. The molecule has 1 aromatic rings. The van der Waals surface area contributed by atoms with Crippen LogP contribution in [0.1, 0.15) is 20.8 Å². The van der Waals surface area contributed by atoms with E-state index in [1.165, 1.54) is 0 Å². The van der Waals surface area contributed by atoms with Gasteiger partial charge < -0.3 is 10.2 Å². The van der Waals surface area contributed by atoms with Crippen LogP contribution in [0.2, 0.25) is 0 Å². The molecule has 1 fully saturated rings. The molecule has 1 saturated heterocycles. The Balaban J connectivity index is 1.99. The van der Waals surface area contributed by atoms with E-state index in [0.29, 0.717) is 25.2 Å². The molecule has 1 aromatic carbocycles. The highest BCUT2D eigenvalue weighted by Gasteiger charge is 2.24. The first-order chi connectivity index (χ1) is 9.60. The molecule has 1 N–H and O–H groups in total. The van der Waals surface area contributed by atoms with Gasteiger partial charge >= 0.3 is 0 Å². The maximum Gasteiger partial charge on any atom is 0.241 e. The Kier molecular flexibility index (Phi) is 5.15. The van der Waals surface area contributed by atoms with Gasteiger partial charge in [0.25, 0.3) is 0 Å². The summed E-state index contributed by atoms with van der Waals surface area (Å²) in [6.07, 6.45) is 0. The number of amides is 1. The molecule has 0 aromatic heterocycles. The van der Waals surface area contributed by atoms with Crippen molar-refractivity contribution in [2.45, 2.75) is 32.9 Å². The van der Waals surface area contributed by atoms with Crippen LogP contribution in [-0.4, -0.2) is 49.1 Å². The summed E-state index contributed by atoms with van der Waals surface area (Å²) in [7, 11) is 0. The van der Waals surface area contributed by atoms with Crippen LogP contribution < -0.4 is 10.2 Å². The molecule has 2 atom stereocenters. The van der Waals surface area contributed by atoms with Crippen LogP contribution in [0.5, 0.6) is 0 Å². The predicted octanol–water partition coefficient (Wildman–Crippen LogP) is 1.72. The lowest BCUT2D eigenvalue weighted by Gasteiger charge is -2.36. The molecule has 1 aliphatic heterocycles. The second kappa shape index (κ2) is 6.86. The van der Waals surface area contributed by atoms with Crippen molar-refractivity contribution in [3.63, 3.8) is 0 Å². The number of nitrogens with zero attached hydrogens (tertiary/aromatic N) is 2. The van der Waals surface area contributed by atoms with Crippen molar-refractivity contribution in [3.05, 3.63) is 30.3 Å². The maximum atomic E-state index is 12.5. The maximum absolute atomic E-state index is 12.5. The quantitative estimate of drug-likeness (QED) is 0.909. The smallest absolute Gasteiger partial charge is 0.241 e. The molecule has 0 radical (unpaired) electrons. The zero-order chi connectivity index (χ0) is 14.5. The SMILES string of the molecule is CCN(C(=O)CN1CC(C)NC(C)C1)c1ccccc1. The number of piperazine rings is 1. The molecule has 4 heteroatoms. The summed E-state index contributed by atoms with van der Waals surface area (Å²) in [6.45, 7) is 9.43. The first kappa shape index (κ1) is 15.0. The Bertz CT molecular complexity index is 425. The van der Waals surface area contributed by atoms with Crippen molar-refractivity contribution < 1.29 is 4.79 Å². The van der Waals surface area contributed by atoms with Gasteiger partial charge in [-0.05, 0) is 32.9 Å². The Hall–Kier alpha value is -1.39. The van der Waals surface area contributed by atoms with Gasteiger partial charge in [-0.3, -0.25) is 9.69 Å². The van der Waals surface area contributed by atoms with Gasteiger partial charge in [-0.2, -0.15) is 0 Å². The minimum Gasteiger partial charge on any atom is -0.312 e. The predicted molar refractivity (Wildman–Crippen MR) is 83.0 cm³/mol. The highest BCUT2D eigenvalue weighted by molar-refractivity contribution is 5.94. The monoisotopic (exact) mass is 275 g/mol. The average molecular weight is 275 g/mol. The third-order valence-electron chi connectivity index (χ3n) is 3.68. The van der Waals surface area contributed by atoms with E-state index in [1.54, 1.807) is 0 Å². The van der Waals surface area contributed by atoms with E-state index in [-0.39, 0.29) is 5.91 Å². The Morgan fingerprint density at radius 3 is 2.40 bits per heavy atom. The topological polar surface area (TPSA) is 35.6 Å². The lowest BCUT2D eigenvalue weighted by molar-refractivity contribution is -0.120. The van der Waals surface area contributed by atoms with E-state index >= 15 is 0 Å². The van der Waals surface area contributed by atoms with Crippen molar-refractivity contribution in [2.75, 3.05) is 31.1 Å². The summed E-state index contributed by atoms with van der Waals surface area (Å²) >= 11 is 0. The minimum atomic E-state index is 0.181. The largest absolute Gasteiger partial charge is 0.312 e. The van der Waals surface area contributed by atoms with Crippen LogP contribution in [0.3, 0.4) is 0 Å². The van der Waals surface area contributed by atoms with Gasteiger partial charge in [0, 0.05) is 37.4 Å². The molecule has 2 unspecified atom stereocenters. The molecule has 20 heavy (non-hydrogen) atoms. The van der Waals surface area contributed by atoms with E-state index in [0.717, 1.165) is 18.8 Å². The number of rotatable bonds is 4. The number of carbonyl (C=O) groups is 1. The molecule has 0 aliphatic carbocycles. The lowest BCUT2D eigenvalue weighted by atomic mass is 10.1. The highest BCUT2D eigenvalue weighted by Crippen LogP contribution is 2.14. The highest BCUT2D eigenvalue weighted by atomic mass is 16.2.